The lowest BCUT2D eigenvalue weighted by Crippen LogP contribution is -2.35. The number of amides is 1. The van der Waals surface area contributed by atoms with Crippen LogP contribution in [0.15, 0.2) is 47.8 Å². The van der Waals surface area contributed by atoms with E-state index in [-0.39, 0.29) is 5.91 Å². The summed E-state index contributed by atoms with van der Waals surface area (Å²) in [5, 5.41) is 7.82. The van der Waals surface area contributed by atoms with E-state index >= 15 is 0 Å². The minimum Gasteiger partial charge on any atom is -0.354 e. The molecule has 0 spiro atoms. The van der Waals surface area contributed by atoms with Crippen LogP contribution in [0.5, 0.6) is 0 Å². The van der Waals surface area contributed by atoms with E-state index in [4.69, 9.17) is 15.1 Å². The Kier molecular flexibility index (Phi) is 6.58. The Morgan fingerprint density at radius 1 is 1.03 bits per heavy atom. The second-order valence-corrected chi connectivity index (χ2v) is 9.66. The smallest absolute Gasteiger partial charge is 0.263 e. The summed E-state index contributed by atoms with van der Waals surface area (Å²) in [6.45, 7) is 7.25. The Morgan fingerprint density at radius 2 is 1.88 bits per heavy atom. The molecule has 0 radical (unpaired) electrons. The molecule has 0 bridgehead atoms. The summed E-state index contributed by atoms with van der Waals surface area (Å²) in [5.74, 6) is 1.93. The third-order valence-electron chi connectivity index (χ3n) is 6.30. The SMILES string of the molecule is CCCCc1nc(N2CCCN(C(=O)c3cccs3)CC2)c2c(C)nn(-c3ccccc3)c2n1. The molecule has 0 unspecified atom stereocenters. The van der Waals surface area contributed by atoms with E-state index < -0.39 is 0 Å². The molecule has 0 N–H and O–H groups in total. The van der Waals surface area contributed by atoms with E-state index in [0.717, 1.165) is 84.3 Å². The average Bonchev–Trinajstić information content (AvgIpc) is 3.44. The molecule has 8 heteroatoms. The number of unbranched alkanes of at least 4 members (excludes halogenated alkanes) is 1. The standard InChI is InChI=1S/C26H30N6OS/c1-3-4-13-22-27-24(23-19(2)29-32(25(23)28-22)20-10-6-5-7-11-20)30-14-9-15-31(17-16-30)26(33)21-12-8-18-34-21/h5-8,10-12,18H,3-4,9,13-17H2,1-2H3. The first kappa shape index (κ1) is 22.5. The quantitative estimate of drug-likeness (QED) is 0.398. The molecule has 1 aliphatic heterocycles. The fourth-order valence-electron chi connectivity index (χ4n) is 4.52. The predicted molar refractivity (Wildman–Crippen MR) is 137 cm³/mol. The Labute approximate surface area is 204 Å². The van der Waals surface area contributed by atoms with Crippen molar-refractivity contribution in [2.75, 3.05) is 31.1 Å². The second kappa shape index (κ2) is 9.93. The van der Waals surface area contributed by atoms with Gasteiger partial charge < -0.3 is 9.80 Å². The molecule has 7 nitrogen and oxygen atoms in total. The lowest BCUT2D eigenvalue weighted by Gasteiger charge is -2.24. The number of carbonyl (C=O) groups is 1. The van der Waals surface area contributed by atoms with Crippen molar-refractivity contribution in [1.29, 1.82) is 0 Å². The second-order valence-electron chi connectivity index (χ2n) is 8.71. The van der Waals surface area contributed by atoms with Crippen molar-refractivity contribution in [3.8, 4) is 5.69 Å². The van der Waals surface area contributed by atoms with Crippen LogP contribution in [0.25, 0.3) is 16.7 Å². The van der Waals surface area contributed by atoms with E-state index in [1.165, 1.54) is 11.3 Å². The highest BCUT2D eigenvalue weighted by Gasteiger charge is 2.25. The number of hydrogen-bond acceptors (Lipinski definition) is 6. The fourth-order valence-corrected chi connectivity index (χ4v) is 5.21. The molecule has 34 heavy (non-hydrogen) atoms. The van der Waals surface area contributed by atoms with Crippen molar-refractivity contribution in [2.24, 2.45) is 0 Å². The number of aromatic nitrogens is 4. The number of fused-ring (bicyclic) bond motifs is 1. The molecule has 3 aromatic heterocycles. The van der Waals surface area contributed by atoms with Crippen LogP contribution in [-0.2, 0) is 6.42 Å². The highest BCUT2D eigenvalue weighted by Crippen LogP contribution is 2.30. The van der Waals surface area contributed by atoms with E-state index in [1.54, 1.807) is 0 Å². The molecule has 0 aliphatic carbocycles. The zero-order valence-electron chi connectivity index (χ0n) is 19.8. The van der Waals surface area contributed by atoms with Gasteiger partial charge in [0.25, 0.3) is 5.91 Å². The monoisotopic (exact) mass is 474 g/mol. The van der Waals surface area contributed by atoms with Crippen molar-refractivity contribution >= 4 is 34.1 Å². The number of para-hydroxylation sites is 1. The molecule has 4 aromatic rings. The number of carbonyl (C=O) groups excluding carboxylic acids is 1. The van der Waals surface area contributed by atoms with Crippen LogP contribution in [0.1, 0.15) is 47.4 Å². The van der Waals surface area contributed by atoms with Crippen molar-refractivity contribution < 1.29 is 4.79 Å². The van der Waals surface area contributed by atoms with Crippen LogP contribution in [0.2, 0.25) is 0 Å². The van der Waals surface area contributed by atoms with Gasteiger partial charge in [0, 0.05) is 32.6 Å². The molecule has 4 heterocycles. The summed E-state index contributed by atoms with van der Waals surface area (Å²) in [6.07, 6.45) is 3.89. The number of hydrogen-bond donors (Lipinski definition) is 0. The van der Waals surface area contributed by atoms with Crippen molar-refractivity contribution in [3.63, 3.8) is 0 Å². The maximum Gasteiger partial charge on any atom is 0.263 e. The lowest BCUT2D eigenvalue weighted by molar-refractivity contribution is 0.0772. The third kappa shape index (κ3) is 4.42. The van der Waals surface area contributed by atoms with Crippen molar-refractivity contribution in [2.45, 2.75) is 39.5 Å². The summed E-state index contributed by atoms with van der Waals surface area (Å²) >= 11 is 1.51. The first-order valence-corrected chi connectivity index (χ1v) is 12.9. The number of aryl methyl sites for hydroxylation is 2. The van der Waals surface area contributed by atoms with E-state index in [9.17, 15) is 4.79 Å². The predicted octanol–water partition coefficient (Wildman–Crippen LogP) is 4.88. The summed E-state index contributed by atoms with van der Waals surface area (Å²) in [7, 11) is 0. The van der Waals surface area contributed by atoms with Crippen molar-refractivity contribution in [3.05, 3.63) is 64.2 Å². The summed E-state index contributed by atoms with van der Waals surface area (Å²) in [5.41, 5.74) is 2.78. The van der Waals surface area contributed by atoms with Gasteiger partial charge in [-0.3, -0.25) is 4.79 Å². The molecule has 1 amide bonds. The number of rotatable bonds is 6. The van der Waals surface area contributed by atoms with E-state index in [2.05, 4.69) is 24.0 Å². The van der Waals surface area contributed by atoms with E-state index in [1.807, 2.05) is 52.2 Å². The Bertz CT molecular complexity index is 1270. The van der Waals surface area contributed by atoms with Gasteiger partial charge in [0.15, 0.2) is 5.65 Å². The topological polar surface area (TPSA) is 67.2 Å². The van der Waals surface area contributed by atoms with Gasteiger partial charge in [-0.2, -0.15) is 5.10 Å². The minimum absolute atomic E-state index is 0.126. The van der Waals surface area contributed by atoms with Gasteiger partial charge in [0.2, 0.25) is 0 Å². The van der Waals surface area contributed by atoms with E-state index in [0.29, 0.717) is 6.54 Å². The largest absolute Gasteiger partial charge is 0.354 e. The lowest BCUT2D eigenvalue weighted by atomic mass is 10.2. The van der Waals surface area contributed by atoms with Gasteiger partial charge in [0.05, 0.1) is 21.6 Å². The molecular formula is C26H30N6OS. The zero-order chi connectivity index (χ0) is 23.5. The van der Waals surface area contributed by atoms with Crippen LogP contribution in [0, 0.1) is 6.92 Å². The van der Waals surface area contributed by atoms with Crippen molar-refractivity contribution in [1.82, 2.24) is 24.6 Å². The maximum atomic E-state index is 12.9. The molecule has 1 fully saturated rings. The zero-order valence-corrected chi connectivity index (χ0v) is 20.6. The molecule has 0 atom stereocenters. The van der Waals surface area contributed by atoms with Gasteiger partial charge in [-0.05, 0) is 43.3 Å². The molecule has 176 valence electrons. The normalized spacial score (nSPS) is 14.5. The van der Waals surface area contributed by atoms with Crippen LogP contribution in [0.3, 0.4) is 0 Å². The Balaban J connectivity index is 1.52. The van der Waals surface area contributed by atoms with Crippen LogP contribution >= 0.6 is 11.3 Å². The molecular weight excluding hydrogens is 444 g/mol. The average molecular weight is 475 g/mol. The van der Waals surface area contributed by atoms with Gasteiger partial charge in [-0.25, -0.2) is 14.6 Å². The number of anilines is 1. The maximum absolute atomic E-state index is 12.9. The fraction of sp³-hybridized carbons (Fsp3) is 0.385. The molecule has 1 saturated heterocycles. The van der Waals surface area contributed by atoms with Gasteiger partial charge >= 0.3 is 0 Å². The number of nitrogens with zero attached hydrogens (tertiary/aromatic N) is 6. The molecule has 1 aromatic carbocycles. The minimum atomic E-state index is 0.126. The summed E-state index contributed by atoms with van der Waals surface area (Å²) in [4.78, 5) is 28.1. The van der Waals surface area contributed by atoms with Gasteiger partial charge in [0.1, 0.15) is 11.6 Å². The third-order valence-corrected chi connectivity index (χ3v) is 7.16. The van der Waals surface area contributed by atoms with Crippen LogP contribution in [0.4, 0.5) is 5.82 Å². The Morgan fingerprint density at radius 3 is 2.65 bits per heavy atom. The highest BCUT2D eigenvalue weighted by atomic mass is 32.1. The first-order chi connectivity index (χ1) is 16.7. The van der Waals surface area contributed by atoms with Gasteiger partial charge in [-0.15, -0.1) is 11.3 Å². The van der Waals surface area contributed by atoms with Crippen LogP contribution in [-0.4, -0.2) is 56.7 Å². The number of benzene rings is 1. The number of thiophene rings is 1. The molecule has 0 saturated carbocycles. The highest BCUT2D eigenvalue weighted by molar-refractivity contribution is 7.12. The first-order valence-electron chi connectivity index (χ1n) is 12.0. The summed E-state index contributed by atoms with van der Waals surface area (Å²) < 4.78 is 1.94. The molecule has 5 rings (SSSR count). The Hall–Kier alpha value is -3.26. The van der Waals surface area contributed by atoms with Crippen LogP contribution < -0.4 is 4.90 Å². The van der Waals surface area contributed by atoms with Gasteiger partial charge in [-0.1, -0.05) is 37.6 Å². The molecule has 1 aliphatic rings. The summed E-state index contributed by atoms with van der Waals surface area (Å²) in [6, 6.07) is 14.0.